The van der Waals surface area contributed by atoms with Crippen LogP contribution in [0.5, 0.6) is 0 Å². The largest absolute Gasteiger partial charge is 0.409 e. The average molecular weight is 381 g/mol. The number of hydrogen-bond acceptors (Lipinski definition) is 5. The molecule has 1 saturated heterocycles. The van der Waals surface area contributed by atoms with Crippen molar-refractivity contribution in [2.45, 2.75) is 39.0 Å². The zero-order valence-electron chi connectivity index (χ0n) is 16.4. The molecule has 28 heavy (non-hydrogen) atoms. The van der Waals surface area contributed by atoms with Gasteiger partial charge in [0.15, 0.2) is 5.65 Å². The highest BCUT2D eigenvalue weighted by Crippen LogP contribution is 2.14. The Balaban J connectivity index is 1.40. The van der Waals surface area contributed by atoms with Gasteiger partial charge in [0, 0.05) is 0 Å². The van der Waals surface area contributed by atoms with E-state index in [1.54, 1.807) is 17.8 Å². The Bertz CT molecular complexity index is 974. The number of para-hydroxylation sites is 1. The number of rotatable bonds is 8. The summed E-state index contributed by atoms with van der Waals surface area (Å²) in [6.07, 6.45) is 7.45. The molecule has 7 heteroatoms. The van der Waals surface area contributed by atoms with Gasteiger partial charge in [-0.2, -0.15) is 5.10 Å². The van der Waals surface area contributed by atoms with Crippen LogP contribution in [0.3, 0.4) is 0 Å². The molecule has 4 rings (SSSR count). The summed E-state index contributed by atoms with van der Waals surface area (Å²) in [5.74, 6) is 0.534. The lowest BCUT2D eigenvalue weighted by molar-refractivity contribution is 0.0918. The average Bonchev–Trinajstić information content (AvgIpc) is 3.37. The zero-order valence-corrected chi connectivity index (χ0v) is 16.4. The Kier molecular flexibility index (Phi) is 5.71. The van der Waals surface area contributed by atoms with E-state index in [1.807, 2.05) is 30.3 Å². The van der Waals surface area contributed by atoms with Crippen LogP contribution >= 0.6 is 0 Å². The fourth-order valence-electron chi connectivity index (χ4n) is 3.74. The predicted molar refractivity (Wildman–Crippen MR) is 109 cm³/mol. The molecule has 1 aliphatic heterocycles. The van der Waals surface area contributed by atoms with E-state index in [0.717, 1.165) is 18.5 Å². The Morgan fingerprint density at radius 2 is 1.86 bits per heavy atom. The van der Waals surface area contributed by atoms with E-state index in [4.69, 9.17) is 4.84 Å². The molecule has 0 spiro atoms. The first kappa shape index (κ1) is 18.7. The van der Waals surface area contributed by atoms with Crippen molar-refractivity contribution >= 4 is 11.0 Å². The summed E-state index contributed by atoms with van der Waals surface area (Å²) in [6.45, 7) is 5.96. The van der Waals surface area contributed by atoms with E-state index in [-0.39, 0.29) is 5.56 Å². The van der Waals surface area contributed by atoms with Gasteiger partial charge < -0.3 is 9.74 Å². The molecule has 0 saturated carbocycles. The maximum absolute atomic E-state index is 12.8. The van der Waals surface area contributed by atoms with E-state index in [2.05, 4.69) is 15.0 Å². The van der Waals surface area contributed by atoms with E-state index < -0.39 is 0 Å². The number of likely N-dealkylation sites (tertiary alicyclic amines) is 1. The number of aryl methyl sites for hydroxylation is 1. The Morgan fingerprint density at radius 1 is 1.07 bits per heavy atom. The maximum Gasteiger partial charge on any atom is 0.297 e. The molecule has 0 N–H and O–H groups in total. The number of fused-ring (bicyclic) bond motifs is 1. The van der Waals surface area contributed by atoms with Crippen molar-refractivity contribution in [1.82, 2.24) is 24.4 Å². The molecule has 3 aromatic rings. The third-order valence-corrected chi connectivity index (χ3v) is 5.26. The van der Waals surface area contributed by atoms with Crippen molar-refractivity contribution in [2.75, 3.05) is 26.2 Å². The molecule has 2 aromatic heterocycles. The number of nitrogens with zero attached hydrogens (tertiary/aromatic N) is 5. The lowest BCUT2D eigenvalue weighted by atomic mass is 10.2. The number of benzene rings is 1. The highest BCUT2D eigenvalue weighted by Gasteiger charge is 2.15. The quantitative estimate of drug-likeness (QED) is 0.561. The first-order valence-corrected chi connectivity index (χ1v) is 10.1. The zero-order chi connectivity index (χ0) is 19.3. The molecule has 0 atom stereocenters. The van der Waals surface area contributed by atoms with Gasteiger partial charge in [-0.25, -0.2) is 9.67 Å². The molecule has 0 aliphatic carbocycles. The maximum atomic E-state index is 12.8. The highest BCUT2D eigenvalue weighted by molar-refractivity contribution is 5.75. The molecule has 3 heterocycles. The minimum atomic E-state index is -0.207. The second-order valence-electron chi connectivity index (χ2n) is 7.33. The van der Waals surface area contributed by atoms with Crippen LogP contribution in [0.1, 0.15) is 37.9 Å². The van der Waals surface area contributed by atoms with Crippen molar-refractivity contribution < 1.29 is 4.84 Å². The van der Waals surface area contributed by atoms with Crippen LogP contribution in [0, 0.1) is 6.92 Å². The van der Waals surface area contributed by atoms with E-state index >= 15 is 0 Å². The molecular weight excluding hydrogens is 354 g/mol. The normalized spacial score (nSPS) is 14.8. The summed E-state index contributed by atoms with van der Waals surface area (Å²) in [7, 11) is 0. The summed E-state index contributed by atoms with van der Waals surface area (Å²) in [5, 5.41) is 4.81. The Morgan fingerprint density at radius 3 is 2.64 bits per heavy atom. The van der Waals surface area contributed by atoms with Crippen LogP contribution in [0.15, 0.2) is 41.3 Å². The first-order chi connectivity index (χ1) is 13.7. The monoisotopic (exact) mass is 381 g/mol. The van der Waals surface area contributed by atoms with Gasteiger partial charge in [0.2, 0.25) is 0 Å². The fourth-order valence-corrected chi connectivity index (χ4v) is 3.74. The van der Waals surface area contributed by atoms with Crippen LogP contribution in [-0.4, -0.2) is 50.6 Å². The SMILES string of the molecule is Cc1nc2c(cnn2-c2ccccc2)c(=O)n1OCCCCCN1CCCC1. The summed E-state index contributed by atoms with van der Waals surface area (Å²) in [6, 6.07) is 9.69. The van der Waals surface area contributed by atoms with E-state index in [1.165, 1.54) is 43.6 Å². The van der Waals surface area contributed by atoms with Gasteiger partial charge in [-0.1, -0.05) is 18.2 Å². The van der Waals surface area contributed by atoms with Gasteiger partial charge in [-0.3, -0.25) is 4.79 Å². The topological polar surface area (TPSA) is 65.2 Å². The van der Waals surface area contributed by atoms with Gasteiger partial charge in [-0.05, 0) is 70.8 Å². The van der Waals surface area contributed by atoms with Crippen LogP contribution in [0.4, 0.5) is 0 Å². The van der Waals surface area contributed by atoms with Crippen LogP contribution in [0.25, 0.3) is 16.7 Å². The van der Waals surface area contributed by atoms with Gasteiger partial charge in [0.05, 0.1) is 11.9 Å². The van der Waals surface area contributed by atoms with Gasteiger partial charge in [0.1, 0.15) is 17.8 Å². The molecule has 0 unspecified atom stereocenters. The van der Waals surface area contributed by atoms with Crippen molar-refractivity contribution in [3.05, 3.63) is 52.7 Å². The second-order valence-corrected chi connectivity index (χ2v) is 7.33. The van der Waals surface area contributed by atoms with Crippen molar-refractivity contribution in [3.8, 4) is 5.69 Å². The minimum absolute atomic E-state index is 0.207. The van der Waals surface area contributed by atoms with Crippen molar-refractivity contribution in [1.29, 1.82) is 0 Å². The van der Waals surface area contributed by atoms with E-state index in [9.17, 15) is 4.79 Å². The van der Waals surface area contributed by atoms with Crippen LogP contribution < -0.4 is 10.4 Å². The van der Waals surface area contributed by atoms with Crippen LogP contribution in [-0.2, 0) is 0 Å². The van der Waals surface area contributed by atoms with E-state index in [0.29, 0.717) is 23.5 Å². The number of hydrogen-bond donors (Lipinski definition) is 0. The molecule has 0 amide bonds. The smallest absolute Gasteiger partial charge is 0.297 e. The third-order valence-electron chi connectivity index (χ3n) is 5.26. The third kappa shape index (κ3) is 3.94. The van der Waals surface area contributed by atoms with Crippen LogP contribution in [0.2, 0.25) is 0 Å². The molecular formula is C21H27N5O2. The van der Waals surface area contributed by atoms with Crippen molar-refractivity contribution in [3.63, 3.8) is 0 Å². The Hall–Kier alpha value is -2.67. The number of unbranched alkanes of at least 4 members (excludes halogenated alkanes) is 2. The van der Waals surface area contributed by atoms with Gasteiger partial charge >= 0.3 is 0 Å². The first-order valence-electron chi connectivity index (χ1n) is 10.1. The standard InChI is InChI=1S/C21H27N5O2/c1-17-23-20-19(16-22-25(20)18-10-4-2-5-11-18)21(27)26(17)28-15-9-3-6-12-24-13-7-8-14-24/h2,4-5,10-11,16H,3,6-9,12-15H2,1H3. The van der Waals surface area contributed by atoms with Crippen molar-refractivity contribution in [2.24, 2.45) is 0 Å². The summed E-state index contributed by atoms with van der Waals surface area (Å²) >= 11 is 0. The second kappa shape index (κ2) is 8.56. The summed E-state index contributed by atoms with van der Waals surface area (Å²) < 4.78 is 2.99. The summed E-state index contributed by atoms with van der Waals surface area (Å²) in [4.78, 5) is 25.7. The molecule has 0 radical (unpaired) electrons. The molecule has 1 aliphatic rings. The Labute approximate surface area is 164 Å². The van der Waals surface area contributed by atoms with Gasteiger partial charge in [-0.15, -0.1) is 4.73 Å². The summed E-state index contributed by atoms with van der Waals surface area (Å²) in [5.41, 5.74) is 1.22. The molecule has 7 nitrogen and oxygen atoms in total. The lowest BCUT2D eigenvalue weighted by Gasteiger charge is -2.14. The van der Waals surface area contributed by atoms with Gasteiger partial charge in [0.25, 0.3) is 5.56 Å². The number of aromatic nitrogens is 4. The minimum Gasteiger partial charge on any atom is -0.409 e. The molecule has 1 fully saturated rings. The lowest BCUT2D eigenvalue weighted by Crippen LogP contribution is -2.30. The molecule has 148 valence electrons. The fraction of sp³-hybridized carbons (Fsp3) is 0.476. The molecule has 1 aromatic carbocycles. The predicted octanol–water partition coefficient (Wildman–Crippen LogP) is 2.59. The molecule has 0 bridgehead atoms. The highest BCUT2D eigenvalue weighted by atomic mass is 16.7.